The number of guanidine groups is 1. The van der Waals surface area contributed by atoms with Crippen LogP contribution in [0.2, 0.25) is 0 Å². The van der Waals surface area contributed by atoms with Gasteiger partial charge in [0, 0.05) is 16.3 Å². The van der Waals surface area contributed by atoms with Gasteiger partial charge < -0.3 is 8.83 Å². The number of aryl methyl sites for hydroxylation is 3. The van der Waals surface area contributed by atoms with Crippen LogP contribution in [0.1, 0.15) is 22.3 Å². The molecule has 0 fully saturated rings. The van der Waals surface area contributed by atoms with E-state index >= 15 is 0 Å². The monoisotopic (exact) mass is 399 g/mol. The third-order valence-corrected chi connectivity index (χ3v) is 5.41. The van der Waals surface area contributed by atoms with Crippen molar-refractivity contribution in [1.29, 1.82) is 0 Å². The molecule has 30 heavy (non-hydrogen) atoms. The Labute approximate surface area is 170 Å². The molecule has 0 saturated heterocycles. The number of para-hydroxylation sites is 2. The van der Waals surface area contributed by atoms with Crippen LogP contribution in [0.15, 0.2) is 65.2 Å². The first-order valence-corrected chi connectivity index (χ1v) is 9.50. The predicted octanol–water partition coefficient (Wildman–Crippen LogP) is 2.84. The van der Waals surface area contributed by atoms with Gasteiger partial charge in [-0.3, -0.25) is 4.79 Å². The minimum Gasteiger partial charge on any atom is -0.464 e. The lowest BCUT2D eigenvalue weighted by Crippen LogP contribution is -2.19. The normalized spacial score (nSPS) is 12.7. The maximum atomic E-state index is 12.7. The van der Waals surface area contributed by atoms with Crippen LogP contribution in [0.3, 0.4) is 0 Å². The molecule has 7 nitrogen and oxygen atoms in total. The Balaban J connectivity index is 1.58. The zero-order valence-electron chi connectivity index (χ0n) is 16.6. The Morgan fingerprint density at radius 2 is 1.70 bits per heavy atom. The molecule has 3 heterocycles. The van der Waals surface area contributed by atoms with Gasteiger partial charge in [-0.25, -0.2) is 14.8 Å². The molecule has 1 aliphatic heterocycles. The molecular formula is C23H17N3O4. The molecule has 7 heteroatoms. The van der Waals surface area contributed by atoms with Crippen LogP contribution in [0.5, 0.6) is 0 Å². The molecule has 0 bridgehead atoms. The average Bonchev–Trinajstić information content (AvgIpc) is 3.29. The van der Waals surface area contributed by atoms with Gasteiger partial charge >= 0.3 is 5.63 Å². The zero-order chi connectivity index (χ0) is 21.0. The van der Waals surface area contributed by atoms with Crippen molar-refractivity contribution < 1.29 is 13.6 Å². The number of amides is 1. The minimum absolute atomic E-state index is 0.0932. The van der Waals surface area contributed by atoms with E-state index in [-0.39, 0.29) is 17.9 Å². The summed E-state index contributed by atoms with van der Waals surface area (Å²) in [5.74, 6) is -0.409. The third kappa shape index (κ3) is 2.78. The maximum absolute atomic E-state index is 12.7. The van der Waals surface area contributed by atoms with Crippen LogP contribution < -0.4 is 16.3 Å². The number of hydrogen-bond acceptors (Lipinski definition) is 4. The second kappa shape index (κ2) is 6.59. The van der Waals surface area contributed by atoms with Crippen molar-refractivity contribution in [2.75, 3.05) is 0 Å². The molecule has 1 amide bonds. The SMILES string of the molecule is Cc1coc2c(C)c3oc(=O)c(CC(=O)N=C4N=c5ccccc5=N4)c(C)c3cc12. The molecule has 2 aromatic carbocycles. The Bertz CT molecular complexity index is 1550. The van der Waals surface area contributed by atoms with Gasteiger partial charge in [-0.1, -0.05) is 12.1 Å². The van der Waals surface area contributed by atoms with E-state index in [1.54, 1.807) is 18.4 Å². The molecule has 2 aromatic heterocycles. The van der Waals surface area contributed by atoms with E-state index < -0.39 is 11.5 Å². The molecule has 5 rings (SSSR count). The maximum Gasteiger partial charge on any atom is 0.340 e. The fourth-order valence-electron chi connectivity index (χ4n) is 3.77. The summed E-state index contributed by atoms with van der Waals surface area (Å²) in [5, 5.41) is 3.07. The van der Waals surface area contributed by atoms with Crippen molar-refractivity contribution in [2.24, 2.45) is 15.0 Å². The van der Waals surface area contributed by atoms with Crippen molar-refractivity contribution in [2.45, 2.75) is 27.2 Å². The average molecular weight is 399 g/mol. The first-order valence-electron chi connectivity index (χ1n) is 9.50. The second-order valence-electron chi connectivity index (χ2n) is 7.36. The largest absolute Gasteiger partial charge is 0.464 e. The number of carbonyl (C=O) groups excluding carboxylic acids is 1. The highest BCUT2D eigenvalue weighted by Gasteiger charge is 2.19. The Hall–Kier alpha value is -3.87. The lowest BCUT2D eigenvalue weighted by atomic mass is 9.99. The van der Waals surface area contributed by atoms with Gasteiger partial charge in [0.1, 0.15) is 11.2 Å². The van der Waals surface area contributed by atoms with E-state index in [1.807, 2.05) is 39.0 Å². The predicted molar refractivity (Wildman–Crippen MR) is 111 cm³/mol. The second-order valence-corrected chi connectivity index (χ2v) is 7.36. The summed E-state index contributed by atoms with van der Waals surface area (Å²) in [5.41, 5.74) is 3.35. The minimum atomic E-state index is -0.553. The summed E-state index contributed by atoms with van der Waals surface area (Å²) in [6, 6.07) is 9.22. The standard InChI is InChI=1S/C23H17N3O4/c1-11-10-29-20-13(3)21-15(8-14(11)20)12(2)16(22(28)30-21)9-19(27)26-23-24-17-6-4-5-7-18(17)25-23/h4-8,10H,9H2,1-3H3. The Kier molecular flexibility index (Phi) is 3.99. The van der Waals surface area contributed by atoms with E-state index in [1.165, 1.54) is 0 Å². The van der Waals surface area contributed by atoms with Crippen LogP contribution in [0, 0.1) is 20.8 Å². The molecule has 0 N–H and O–H groups in total. The highest BCUT2D eigenvalue weighted by molar-refractivity contribution is 6.00. The number of fused-ring (bicyclic) bond motifs is 3. The number of carbonyl (C=O) groups is 1. The first-order chi connectivity index (χ1) is 14.4. The molecular weight excluding hydrogens is 382 g/mol. The molecule has 1 aliphatic rings. The van der Waals surface area contributed by atoms with Gasteiger partial charge in [0.05, 0.1) is 29.0 Å². The fraction of sp³-hybridized carbons (Fsp3) is 0.174. The molecule has 0 spiro atoms. The Morgan fingerprint density at radius 3 is 2.40 bits per heavy atom. The fourth-order valence-corrected chi connectivity index (χ4v) is 3.77. The summed E-state index contributed by atoms with van der Waals surface area (Å²) in [6.07, 6.45) is 1.49. The number of benzene rings is 2. The van der Waals surface area contributed by atoms with E-state index in [2.05, 4.69) is 15.0 Å². The van der Waals surface area contributed by atoms with Crippen LogP contribution >= 0.6 is 0 Å². The van der Waals surface area contributed by atoms with E-state index in [4.69, 9.17) is 8.83 Å². The summed E-state index contributed by atoms with van der Waals surface area (Å²) >= 11 is 0. The van der Waals surface area contributed by atoms with Gasteiger partial charge in [-0.15, -0.1) is 0 Å². The third-order valence-electron chi connectivity index (χ3n) is 5.41. The number of rotatable bonds is 2. The highest BCUT2D eigenvalue weighted by Crippen LogP contribution is 2.32. The number of aliphatic imine (C=N–C) groups is 1. The highest BCUT2D eigenvalue weighted by atomic mass is 16.4. The van der Waals surface area contributed by atoms with Gasteiger partial charge in [-0.05, 0) is 50.1 Å². The molecule has 0 saturated carbocycles. The lowest BCUT2D eigenvalue weighted by molar-refractivity contribution is -0.117. The van der Waals surface area contributed by atoms with Crippen molar-refractivity contribution in [3.63, 3.8) is 0 Å². The van der Waals surface area contributed by atoms with Crippen molar-refractivity contribution >= 4 is 33.8 Å². The van der Waals surface area contributed by atoms with Gasteiger partial charge in [0.15, 0.2) is 0 Å². The lowest BCUT2D eigenvalue weighted by Gasteiger charge is -2.09. The summed E-state index contributed by atoms with van der Waals surface area (Å²) in [7, 11) is 0. The van der Waals surface area contributed by atoms with Gasteiger partial charge in [-0.2, -0.15) is 4.99 Å². The number of nitrogens with zero attached hydrogens (tertiary/aromatic N) is 3. The summed E-state index contributed by atoms with van der Waals surface area (Å²) < 4.78 is 11.2. The topological polar surface area (TPSA) is 97.5 Å². The van der Waals surface area contributed by atoms with Crippen molar-refractivity contribution in [3.8, 4) is 0 Å². The van der Waals surface area contributed by atoms with Crippen LogP contribution in [-0.2, 0) is 11.2 Å². The molecule has 0 radical (unpaired) electrons. The van der Waals surface area contributed by atoms with Crippen molar-refractivity contribution in [3.05, 3.63) is 80.0 Å². The smallest absolute Gasteiger partial charge is 0.340 e. The molecule has 0 aliphatic carbocycles. The number of furan rings is 1. The molecule has 0 unspecified atom stereocenters. The molecule has 4 aromatic rings. The molecule has 148 valence electrons. The van der Waals surface area contributed by atoms with Crippen LogP contribution in [0.25, 0.3) is 21.9 Å². The van der Waals surface area contributed by atoms with Crippen LogP contribution in [-0.4, -0.2) is 11.9 Å². The summed E-state index contributed by atoms with van der Waals surface area (Å²) in [6.45, 7) is 5.63. The van der Waals surface area contributed by atoms with Gasteiger partial charge in [0.2, 0.25) is 0 Å². The van der Waals surface area contributed by atoms with E-state index in [9.17, 15) is 9.59 Å². The van der Waals surface area contributed by atoms with E-state index in [0.717, 1.165) is 21.9 Å². The first kappa shape index (κ1) is 18.2. The zero-order valence-corrected chi connectivity index (χ0v) is 16.6. The molecule has 0 atom stereocenters. The van der Waals surface area contributed by atoms with Crippen LogP contribution in [0.4, 0.5) is 0 Å². The quantitative estimate of drug-likeness (QED) is 0.484. The Morgan fingerprint density at radius 1 is 1.00 bits per heavy atom. The van der Waals surface area contributed by atoms with Crippen molar-refractivity contribution in [1.82, 2.24) is 0 Å². The summed E-state index contributed by atoms with van der Waals surface area (Å²) in [4.78, 5) is 37.6. The van der Waals surface area contributed by atoms with E-state index in [0.29, 0.717) is 27.4 Å². The van der Waals surface area contributed by atoms with Gasteiger partial charge in [0.25, 0.3) is 11.9 Å². The number of hydrogen-bond donors (Lipinski definition) is 0.